The third kappa shape index (κ3) is 3.17. The monoisotopic (exact) mass is 235 g/mol. The number of nitrogens with zero attached hydrogens (tertiary/aromatic N) is 1. The van der Waals surface area contributed by atoms with Gasteiger partial charge in [0.25, 0.3) is 0 Å². The van der Waals surface area contributed by atoms with Gasteiger partial charge in [0.05, 0.1) is 12.7 Å². The Morgan fingerprint density at radius 2 is 2.59 bits per heavy atom. The average molecular weight is 235 g/mol. The maximum absolute atomic E-state index is 11.3. The minimum Gasteiger partial charge on any atom is -0.465 e. The van der Waals surface area contributed by atoms with Gasteiger partial charge in [-0.2, -0.15) is 0 Å². The van der Waals surface area contributed by atoms with Crippen LogP contribution in [-0.4, -0.2) is 37.7 Å². The molecule has 2 heterocycles. The Labute approximate surface area is 101 Å². The number of anilines is 1. The Morgan fingerprint density at radius 1 is 1.71 bits per heavy atom. The molecule has 0 bridgehead atoms. The number of hydrogen-bond donors (Lipinski definition) is 2. The fraction of sp³-hybridized carbons (Fsp3) is 0.500. The lowest BCUT2D eigenvalue weighted by molar-refractivity contribution is 0.0600. The minimum absolute atomic E-state index is 0.335. The van der Waals surface area contributed by atoms with Gasteiger partial charge in [0, 0.05) is 12.7 Å². The number of pyridine rings is 1. The zero-order valence-corrected chi connectivity index (χ0v) is 9.90. The second kappa shape index (κ2) is 5.63. The lowest BCUT2D eigenvalue weighted by atomic mass is 10.1. The van der Waals surface area contributed by atoms with Gasteiger partial charge in [-0.1, -0.05) is 0 Å². The molecule has 0 amide bonds. The Balaban J connectivity index is 1.93. The first-order valence-corrected chi connectivity index (χ1v) is 5.78. The van der Waals surface area contributed by atoms with Crippen LogP contribution in [0.25, 0.3) is 0 Å². The topological polar surface area (TPSA) is 63.2 Å². The van der Waals surface area contributed by atoms with E-state index in [1.54, 1.807) is 18.3 Å². The lowest BCUT2D eigenvalue weighted by Gasteiger charge is -2.10. The summed E-state index contributed by atoms with van der Waals surface area (Å²) in [5.74, 6) is 1.02. The smallest absolute Gasteiger partial charge is 0.338 e. The van der Waals surface area contributed by atoms with Crippen molar-refractivity contribution in [3.8, 4) is 0 Å². The van der Waals surface area contributed by atoms with Gasteiger partial charge in [-0.3, -0.25) is 0 Å². The second-order valence-corrected chi connectivity index (χ2v) is 4.16. The van der Waals surface area contributed by atoms with Gasteiger partial charge in [0.15, 0.2) is 0 Å². The van der Waals surface area contributed by atoms with Crippen LogP contribution in [-0.2, 0) is 4.74 Å². The molecule has 17 heavy (non-hydrogen) atoms. The van der Waals surface area contributed by atoms with Gasteiger partial charge in [-0.25, -0.2) is 9.78 Å². The van der Waals surface area contributed by atoms with E-state index >= 15 is 0 Å². The lowest BCUT2D eigenvalue weighted by Crippen LogP contribution is -2.17. The third-order valence-electron chi connectivity index (χ3n) is 2.92. The first kappa shape index (κ1) is 11.9. The van der Waals surface area contributed by atoms with E-state index in [4.69, 9.17) is 0 Å². The normalized spacial score (nSPS) is 19.0. The number of rotatable bonds is 4. The SMILES string of the molecule is COC(=O)c1ccnc(NCC2CCNC2)c1. The Morgan fingerprint density at radius 3 is 3.29 bits per heavy atom. The van der Waals surface area contributed by atoms with Crippen LogP contribution in [0.1, 0.15) is 16.8 Å². The molecule has 0 radical (unpaired) electrons. The summed E-state index contributed by atoms with van der Waals surface area (Å²) in [7, 11) is 1.38. The van der Waals surface area contributed by atoms with Crippen molar-refractivity contribution in [1.29, 1.82) is 0 Å². The molecule has 1 fully saturated rings. The van der Waals surface area contributed by atoms with Crippen LogP contribution in [0.4, 0.5) is 5.82 Å². The molecule has 0 saturated carbocycles. The van der Waals surface area contributed by atoms with Gasteiger partial charge >= 0.3 is 5.97 Å². The van der Waals surface area contributed by atoms with E-state index in [1.807, 2.05) is 0 Å². The van der Waals surface area contributed by atoms with Crippen molar-refractivity contribution >= 4 is 11.8 Å². The van der Waals surface area contributed by atoms with E-state index in [0.29, 0.717) is 11.5 Å². The molecule has 5 nitrogen and oxygen atoms in total. The summed E-state index contributed by atoms with van der Waals surface area (Å²) in [6, 6.07) is 3.36. The minimum atomic E-state index is -0.335. The molecule has 0 spiro atoms. The van der Waals surface area contributed by atoms with Crippen LogP contribution in [0, 0.1) is 5.92 Å². The first-order chi connectivity index (χ1) is 8.29. The van der Waals surface area contributed by atoms with E-state index < -0.39 is 0 Å². The number of esters is 1. The van der Waals surface area contributed by atoms with Crippen molar-refractivity contribution < 1.29 is 9.53 Å². The van der Waals surface area contributed by atoms with Crippen LogP contribution in [0.5, 0.6) is 0 Å². The third-order valence-corrected chi connectivity index (χ3v) is 2.92. The number of hydrogen-bond acceptors (Lipinski definition) is 5. The molecule has 0 aliphatic carbocycles. The number of carbonyl (C=O) groups is 1. The highest BCUT2D eigenvalue weighted by Gasteiger charge is 2.14. The van der Waals surface area contributed by atoms with E-state index in [0.717, 1.165) is 25.5 Å². The Hall–Kier alpha value is -1.62. The van der Waals surface area contributed by atoms with Gasteiger partial charge in [0.1, 0.15) is 5.82 Å². The van der Waals surface area contributed by atoms with Gasteiger partial charge in [0.2, 0.25) is 0 Å². The standard InChI is InChI=1S/C12H17N3O2/c1-17-12(16)10-3-5-14-11(6-10)15-8-9-2-4-13-7-9/h3,5-6,9,13H,2,4,7-8H2,1H3,(H,14,15). The highest BCUT2D eigenvalue weighted by Crippen LogP contribution is 2.11. The van der Waals surface area contributed by atoms with Crippen LogP contribution in [0.15, 0.2) is 18.3 Å². The highest BCUT2D eigenvalue weighted by molar-refractivity contribution is 5.89. The fourth-order valence-corrected chi connectivity index (χ4v) is 1.91. The number of ether oxygens (including phenoxy) is 1. The van der Waals surface area contributed by atoms with Crippen molar-refractivity contribution in [1.82, 2.24) is 10.3 Å². The highest BCUT2D eigenvalue weighted by atomic mass is 16.5. The van der Waals surface area contributed by atoms with Gasteiger partial charge < -0.3 is 15.4 Å². The molecule has 1 unspecified atom stereocenters. The molecule has 1 aliphatic rings. The molecule has 2 N–H and O–H groups in total. The summed E-state index contributed by atoms with van der Waals surface area (Å²) < 4.78 is 4.66. The quantitative estimate of drug-likeness (QED) is 0.759. The summed E-state index contributed by atoms with van der Waals surface area (Å²) >= 11 is 0. The summed E-state index contributed by atoms with van der Waals surface area (Å²) in [5.41, 5.74) is 0.523. The second-order valence-electron chi connectivity index (χ2n) is 4.16. The van der Waals surface area contributed by atoms with E-state index in [1.165, 1.54) is 13.5 Å². The molecule has 1 atom stereocenters. The largest absolute Gasteiger partial charge is 0.465 e. The van der Waals surface area contributed by atoms with Crippen LogP contribution in [0.3, 0.4) is 0 Å². The van der Waals surface area contributed by atoms with Crippen molar-refractivity contribution in [3.63, 3.8) is 0 Å². The maximum Gasteiger partial charge on any atom is 0.338 e. The Bertz CT molecular complexity index is 389. The predicted octanol–water partition coefficient (Wildman–Crippen LogP) is 0.890. The molecule has 1 aliphatic heterocycles. The summed E-state index contributed by atoms with van der Waals surface area (Å²) in [6.07, 6.45) is 2.80. The summed E-state index contributed by atoms with van der Waals surface area (Å²) in [6.45, 7) is 3.01. The maximum atomic E-state index is 11.3. The van der Waals surface area contributed by atoms with Crippen LogP contribution >= 0.6 is 0 Å². The van der Waals surface area contributed by atoms with Crippen LogP contribution in [0.2, 0.25) is 0 Å². The molecule has 1 aromatic rings. The van der Waals surface area contributed by atoms with Crippen molar-refractivity contribution in [2.24, 2.45) is 5.92 Å². The Kier molecular flexibility index (Phi) is 3.93. The summed E-state index contributed by atoms with van der Waals surface area (Å²) in [5, 5.41) is 6.56. The number of methoxy groups -OCH3 is 1. The molecular formula is C12H17N3O2. The zero-order valence-electron chi connectivity index (χ0n) is 9.90. The predicted molar refractivity (Wildman–Crippen MR) is 65.0 cm³/mol. The molecule has 1 saturated heterocycles. The fourth-order valence-electron chi connectivity index (χ4n) is 1.91. The molecule has 5 heteroatoms. The zero-order chi connectivity index (χ0) is 12.1. The molecule has 2 rings (SSSR count). The first-order valence-electron chi connectivity index (χ1n) is 5.78. The number of carbonyl (C=O) groups excluding carboxylic acids is 1. The van der Waals surface area contributed by atoms with E-state index in [-0.39, 0.29) is 5.97 Å². The van der Waals surface area contributed by atoms with Gasteiger partial charge in [-0.15, -0.1) is 0 Å². The van der Waals surface area contributed by atoms with Gasteiger partial charge in [-0.05, 0) is 37.6 Å². The molecule has 1 aromatic heterocycles. The molecule has 92 valence electrons. The van der Waals surface area contributed by atoms with Crippen LogP contribution < -0.4 is 10.6 Å². The van der Waals surface area contributed by atoms with Crippen molar-refractivity contribution in [2.75, 3.05) is 32.1 Å². The molecular weight excluding hydrogens is 218 g/mol. The van der Waals surface area contributed by atoms with Crippen molar-refractivity contribution in [3.05, 3.63) is 23.9 Å². The van der Waals surface area contributed by atoms with Crippen molar-refractivity contribution in [2.45, 2.75) is 6.42 Å². The van der Waals surface area contributed by atoms with E-state index in [9.17, 15) is 4.79 Å². The average Bonchev–Trinajstić information content (AvgIpc) is 2.89. The summed E-state index contributed by atoms with van der Waals surface area (Å²) in [4.78, 5) is 15.5. The molecule has 0 aromatic carbocycles. The number of aromatic nitrogens is 1. The van der Waals surface area contributed by atoms with E-state index in [2.05, 4.69) is 20.4 Å². The number of nitrogens with one attached hydrogen (secondary N) is 2.